The van der Waals surface area contributed by atoms with Crippen molar-refractivity contribution < 1.29 is 15.0 Å². The van der Waals surface area contributed by atoms with E-state index < -0.39 is 0 Å². The van der Waals surface area contributed by atoms with Gasteiger partial charge in [-0.2, -0.15) is 0 Å². The Morgan fingerprint density at radius 1 is 1.00 bits per heavy atom. The number of aromatic hydroxyl groups is 2. The fraction of sp³-hybridized carbons (Fsp3) is 0. The third kappa shape index (κ3) is 1.74. The second-order valence-electron chi connectivity index (χ2n) is 4.25. The maximum absolute atomic E-state index is 12.2. The van der Waals surface area contributed by atoms with Gasteiger partial charge in [-0.1, -0.05) is 24.3 Å². The maximum atomic E-state index is 12.2. The van der Waals surface area contributed by atoms with Crippen LogP contribution in [0.3, 0.4) is 0 Å². The highest BCUT2D eigenvalue weighted by Crippen LogP contribution is 2.36. The molecule has 0 aliphatic heterocycles. The standard InChI is InChI=1S/C15H11NO3/c17-13-8-11(15(19)12-6-3-7-16-12)14(18)10-5-2-1-4-9(10)13/h1-8,16-18H. The van der Waals surface area contributed by atoms with Crippen LogP contribution < -0.4 is 0 Å². The van der Waals surface area contributed by atoms with Gasteiger partial charge >= 0.3 is 0 Å². The van der Waals surface area contributed by atoms with E-state index in [0.717, 1.165) is 0 Å². The maximum Gasteiger partial charge on any atom is 0.213 e. The van der Waals surface area contributed by atoms with Gasteiger partial charge in [0.15, 0.2) is 0 Å². The number of aromatic nitrogens is 1. The molecule has 0 saturated heterocycles. The average Bonchev–Trinajstić information content (AvgIpc) is 2.96. The molecule has 1 heterocycles. The molecule has 94 valence electrons. The highest BCUT2D eigenvalue weighted by molar-refractivity contribution is 6.13. The van der Waals surface area contributed by atoms with Crippen LogP contribution in [0.5, 0.6) is 11.5 Å². The van der Waals surface area contributed by atoms with E-state index in [1.165, 1.54) is 6.07 Å². The average molecular weight is 253 g/mol. The van der Waals surface area contributed by atoms with E-state index in [2.05, 4.69) is 4.98 Å². The van der Waals surface area contributed by atoms with Crippen LogP contribution in [0.25, 0.3) is 10.8 Å². The summed E-state index contributed by atoms with van der Waals surface area (Å²) >= 11 is 0. The molecule has 4 heteroatoms. The summed E-state index contributed by atoms with van der Waals surface area (Å²) in [5.41, 5.74) is 0.448. The molecule has 0 atom stereocenters. The van der Waals surface area contributed by atoms with Gasteiger partial charge in [0.1, 0.15) is 11.5 Å². The Bertz CT molecular complexity index is 760. The number of carbonyl (C=O) groups is 1. The zero-order chi connectivity index (χ0) is 13.4. The highest BCUT2D eigenvalue weighted by atomic mass is 16.3. The van der Waals surface area contributed by atoms with Crippen LogP contribution in [0.4, 0.5) is 0 Å². The van der Waals surface area contributed by atoms with Gasteiger partial charge in [-0.3, -0.25) is 4.79 Å². The molecule has 19 heavy (non-hydrogen) atoms. The summed E-state index contributed by atoms with van der Waals surface area (Å²) < 4.78 is 0. The summed E-state index contributed by atoms with van der Waals surface area (Å²) in [6, 6.07) is 11.5. The van der Waals surface area contributed by atoms with Gasteiger partial charge in [-0.25, -0.2) is 0 Å². The Kier molecular flexibility index (Phi) is 2.49. The number of nitrogens with one attached hydrogen (secondary N) is 1. The van der Waals surface area contributed by atoms with Crippen molar-refractivity contribution in [3.8, 4) is 11.5 Å². The summed E-state index contributed by atoms with van der Waals surface area (Å²) in [6.45, 7) is 0. The summed E-state index contributed by atoms with van der Waals surface area (Å²) in [7, 11) is 0. The number of hydrogen-bond donors (Lipinski definition) is 3. The summed E-state index contributed by atoms with van der Waals surface area (Å²) in [6.07, 6.45) is 1.63. The molecule has 0 amide bonds. The van der Waals surface area contributed by atoms with Gasteiger partial charge in [0.25, 0.3) is 0 Å². The SMILES string of the molecule is O=C(c1ccc[nH]1)c1cc(O)c2ccccc2c1O. The molecule has 3 N–H and O–H groups in total. The first-order valence-corrected chi connectivity index (χ1v) is 5.80. The quantitative estimate of drug-likeness (QED) is 0.485. The molecule has 3 rings (SSSR count). The van der Waals surface area contributed by atoms with E-state index in [1.54, 1.807) is 42.6 Å². The molecule has 0 bridgehead atoms. The van der Waals surface area contributed by atoms with Crippen LogP contribution in [-0.4, -0.2) is 21.0 Å². The molecular formula is C15H11NO3. The van der Waals surface area contributed by atoms with Crippen molar-refractivity contribution in [1.82, 2.24) is 4.98 Å². The molecule has 0 radical (unpaired) electrons. The highest BCUT2D eigenvalue weighted by Gasteiger charge is 2.18. The third-order valence-corrected chi connectivity index (χ3v) is 3.08. The minimum atomic E-state index is -0.358. The van der Waals surface area contributed by atoms with E-state index in [4.69, 9.17) is 0 Å². The predicted octanol–water partition coefficient (Wildman–Crippen LogP) is 2.81. The number of aromatic amines is 1. The molecule has 0 aliphatic rings. The third-order valence-electron chi connectivity index (χ3n) is 3.08. The Morgan fingerprint density at radius 2 is 1.74 bits per heavy atom. The van der Waals surface area contributed by atoms with Gasteiger partial charge in [0.05, 0.1) is 11.3 Å². The lowest BCUT2D eigenvalue weighted by Gasteiger charge is -2.08. The summed E-state index contributed by atoms with van der Waals surface area (Å²) in [5.74, 6) is -0.500. The first kappa shape index (κ1) is 11.3. The number of ketones is 1. The molecule has 0 spiro atoms. The van der Waals surface area contributed by atoms with E-state index in [0.29, 0.717) is 16.5 Å². The van der Waals surface area contributed by atoms with Crippen molar-refractivity contribution in [3.63, 3.8) is 0 Å². The predicted molar refractivity (Wildman–Crippen MR) is 71.5 cm³/mol. The van der Waals surface area contributed by atoms with Crippen LogP contribution in [0, 0.1) is 0 Å². The van der Waals surface area contributed by atoms with E-state index >= 15 is 0 Å². The first-order valence-electron chi connectivity index (χ1n) is 5.80. The zero-order valence-electron chi connectivity index (χ0n) is 9.92. The summed E-state index contributed by atoms with van der Waals surface area (Å²) in [4.78, 5) is 15.0. The van der Waals surface area contributed by atoms with Gasteiger partial charge < -0.3 is 15.2 Å². The Balaban J connectivity index is 2.25. The second-order valence-corrected chi connectivity index (χ2v) is 4.25. The molecule has 1 aromatic heterocycles. The zero-order valence-corrected chi connectivity index (χ0v) is 9.92. The topological polar surface area (TPSA) is 73.3 Å². The number of hydrogen-bond acceptors (Lipinski definition) is 3. The van der Waals surface area contributed by atoms with Crippen LogP contribution in [0.2, 0.25) is 0 Å². The lowest BCUT2D eigenvalue weighted by Crippen LogP contribution is -2.02. The fourth-order valence-corrected chi connectivity index (χ4v) is 2.13. The number of carbonyl (C=O) groups excluding carboxylic acids is 1. The lowest BCUT2D eigenvalue weighted by molar-refractivity contribution is 0.103. The molecular weight excluding hydrogens is 242 g/mol. The van der Waals surface area contributed by atoms with Crippen molar-refractivity contribution in [1.29, 1.82) is 0 Å². The Labute approximate surface area is 108 Å². The molecule has 0 aliphatic carbocycles. The minimum Gasteiger partial charge on any atom is -0.507 e. The molecule has 2 aromatic carbocycles. The first-order chi connectivity index (χ1) is 9.18. The number of phenolic OH excluding ortho intramolecular Hbond substituents is 2. The lowest BCUT2D eigenvalue weighted by atomic mass is 10.0. The van der Waals surface area contributed by atoms with E-state index in [-0.39, 0.29) is 22.8 Å². The molecule has 0 fully saturated rings. The van der Waals surface area contributed by atoms with Gasteiger partial charge in [-0.05, 0) is 18.2 Å². The Hall–Kier alpha value is -2.75. The number of H-pyrrole nitrogens is 1. The van der Waals surface area contributed by atoms with Crippen molar-refractivity contribution in [2.24, 2.45) is 0 Å². The van der Waals surface area contributed by atoms with Crippen LogP contribution in [0.15, 0.2) is 48.7 Å². The van der Waals surface area contributed by atoms with Crippen molar-refractivity contribution >= 4 is 16.6 Å². The van der Waals surface area contributed by atoms with Crippen LogP contribution in [0.1, 0.15) is 16.1 Å². The Morgan fingerprint density at radius 3 is 2.42 bits per heavy atom. The van der Waals surface area contributed by atoms with Crippen molar-refractivity contribution in [3.05, 3.63) is 59.9 Å². The number of phenols is 2. The normalized spacial score (nSPS) is 10.7. The monoisotopic (exact) mass is 253 g/mol. The van der Waals surface area contributed by atoms with Crippen molar-refractivity contribution in [2.75, 3.05) is 0 Å². The van der Waals surface area contributed by atoms with E-state index in [1.807, 2.05) is 0 Å². The largest absolute Gasteiger partial charge is 0.507 e. The summed E-state index contributed by atoms with van der Waals surface area (Å²) in [5, 5.41) is 21.1. The van der Waals surface area contributed by atoms with Crippen LogP contribution in [-0.2, 0) is 0 Å². The molecule has 0 saturated carbocycles. The molecule has 4 nitrogen and oxygen atoms in total. The van der Waals surface area contributed by atoms with Gasteiger partial charge in [0, 0.05) is 17.0 Å². The number of benzene rings is 2. The van der Waals surface area contributed by atoms with Crippen molar-refractivity contribution in [2.45, 2.75) is 0 Å². The fourth-order valence-electron chi connectivity index (χ4n) is 2.13. The number of fused-ring (bicyclic) bond motifs is 1. The smallest absolute Gasteiger partial charge is 0.213 e. The van der Waals surface area contributed by atoms with Crippen LogP contribution >= 0.6 is 0 Å². The minimum absolute atomic E-state index is 0.0247. The van der Waals surface area contributed by atoms with Gasteiger partial charge in [-0.15, -0.1) is 0 Å². The number of rotatable bonds is 2. The van der Waals surface area contributed by atoms with Gasteiger partial charge in [0.2, 0.25) is 5.78 Å². The molecule has 0 unspecified atom stereocenters. The second kappa shape index (κ2) is 4.17. The molecule has 3 aromatic rings. The van der Waals surface area contributed by atoms with E-state index in [9.17, 15) is 15.0 Å².